The number of rotatable bonds is 6. The lowest BCUT2D eigenvalue weighted by atomic mass is 9.76. The summed E-state index contributed by atoms with van der Waals surface area (Å²) < 4.78 is 13.3. The van der Waals surface area contributed by atoms with Crippen LogP contribution in [0, 0.1) is 5.82 Å². The number of benzene rings is 3. The van der Waals surface area contributed by atoms with Gasteiger partial charge in [0.2, 0.25) is 5.91 Å². The van der Waals surface area contributed by atoms with E-state index in [1.165, 1.54) is 29.5 Å². The first-order chi connectivity index (χ1) is 17.4. The Morgan fingerprint density at radius 1 is 1.06 bits per heavy atom. The Bertz CT molecular complexity index is 1410. The van der Waals surface area contributed by atoms with Gasteiger partial charge in [0.15, 0.2) is 5.78 Å². The molecule has 0 spiro atoms. The van der Waals surface area contributed by atoms with E-state index >= 15 is 0 Å². The smallest absolute Gasteiger partial charge is 0.242 e. The minimum Gasteiger partial charge on any atom is -0.508 e. The molecule has 4 aromatic rings. The molecule has 1 aromatic heterocycles. The quantitative estimate of drug-likeness (QED) is 0.193. The molecule has 2 atom stereocenters. The van der Waals surface area contributed by atoms with Gasteiger partial charge < -0.3 is 15.7 Å². The van der Waals surface area contributed by atoms with Gasteiger partial charge in [-0.1, -0.05) is 23.7 Å². The van der Waals surface area contributed by atoms with Crippen molar-refractivity contribution in [3.05, 3.63) is 106 Å². The van der Waals surface area contributed by atoms with Crippen LogP contribution in [0.4, 0.5) is 15.8 Å². The van der Waals surface area contributed by atoms with Crippen molar-refractivity contribution in [2.45, 2.75) is 22.1 Å². The molecule has 0 aliphatic carbocycles. The van der Waals surface area contributed by atoms with Crippen molar-refractivity contribution in [2.75, 3.05) is 5.32 Å². The lowest BCUT2D eigenvalue weighted by Gasteiger charge is -2.40. The molecule has 0 radical (unpaired) electrons. The molecule has 1 fully saturated rings. The number of phenols is 1. The van der Waals surface area contributed by atoms with Gasteiger partial charge in [-0.05, 0) is 77.0 Å². The zero-order chi connectivity index (χ0) is 25.3. The van der Waals surface area contributed by atoms with E-state index in [1.54, 1.807) is 48.5 Å². The van der Waals surface area contributed by atoms with E-state index < -0.39 is 16.7 Å². The second kappa shape index (κ2) is 9.97. The molecule has 2 unspecified atom stereocenters. The van der Waals surface area contributed by atoms with E-state index in [0.717, 1.165) is 11.8 Å². The minimum atomic E-state index is -1.25. The van der Waals surface area contributed by atoms with Crippen molar-refractivity contribution < 1.29 is 19.1 Å². The molecule has 182 valence electrons. The molecule has 1 aliphatic rings. The molecule has 1 aliphatic heterocycles. The van der Waals surface area contributed by atoms with Crippen LogP contribution in [-0.2, 0) is 15.1 Å². The van der Waals surface area contributed by atoms with E-state index in [9.17, 15) is 19.1 Å². The summed E-state index contributed by atoms with van der Waals surface area (Å²) in [5.41, 5.74) is 1.09. The molecule has 3 N–H and O–H groups in total. The number of anilines is 2. The van der Waals surface area contributed by atoms with Crippen LogP contribution in [0.1, 0.15) is 17.5 Å². The first-order valence-corrected chi connectivity index (χ1v) is 13.2. The second-order valence-corrected chi connectivity index (χ2v) is 10.7. The van der Waals surface area contributed by atoms with Crippen molar-refractivity contribution >= 4 is 57.8 Å². The van der Waals surface area contributed by atoms with Crippen molar-refractivity contribution in [3.63, 3.8) is 0 Å². The fourth-order valence-electron chi connectivity index (χ4n) is 4.26. The SMILES string of the molecule is O=C1CC(c2ccsc2)(c2cc(Nc3ccc(F)cc3)ccc2O)NC(=O)C1Sc1ccccc1Cl. The highest BCUT2D eigenvalue weighted by Gasteiger charge is 2.48. The van der Waals surface area contributed by atoms with Crippen LogP contribution in [0.5, 0.6) is 5.75 Å². The number of thiophene rings is 1. The number of carbonyl (C=O) groups is 2. The van der Waals surface area contributed by atoms with Gasteiger partial charge in [-0.3, -0.25) is 9.59 Å². The predicted octanol–water partition coefficient (Wildman–Crippen LogP) is 6.48. The molecule has 0 saturated carbocycles. The summed E-state index contributed by atoms with van der Waals surface area (Å²) in [4.78, 5) is 27.5. The van der Waals surface area contributed by atoms with E-state index in [1.807, 2.05) is 16.8 Å². The molecule has 1 amide bonds. The van der Waals surface area contributed by atoms with Crippen LogP contribution in [0.3, 0.4) is 0 Å². The fourth-order valence-corrected chi connectivity index (χ4v) is 6.23. The number of hydrogen-bond donors (Lipinski definition) is 3. The molecular formula is C27H20ClFN2O3S2. The van der Waals surface area contributed by atoms with E-state index in [0.29, 0.717) is 32.4 Å². The number of piperidine rings is 1. The third-order valence-corrected chi connectivity index (χ3v) is 8.44. The Labute approximate surface area is 220 Å². The van der Waals surface area contributed by atoms with E-state index in [-0.39, 0.29) is 23.8 Å². The topological polar surface area (TPSA) is 78.4 Å². The zero-order valence-electron chi connectivity index (χ0n) is 18.7. The molecule has 1 saturated heterocycles. The number of amides is 1. The van der Waals surface area contributed by atoms with Crippen molar-refractivity contribution in [1.82, 2.24) is 5.32 Å². The molecule has 36 heavy (non-hydrogen) atoms. The average Bonchev–Trinajstić information content (AvgIpc) is 3.41. The van der Waals surface area contributed by atoms with Gasteiger partial charge in [0.05, 0.1) is 5.02 Å². The summed E-state index contributed by atoms with van der Waals surface area (Å²) in [5.74, 6) is -1.14. The summed E-state index contributed by atoms with van der Waals surface area (Å²) in [5, 5.41) is 20.3. The number of hydrogen-bond acceptors (Lipinski definition) is 6. The van der Waals surface area contributed by atoms with Crippen LogP contribution >= 0.6 is 34.7 Å². The van der Waals surface area contributed by atoms with Gasteiger partial charge >= 0.3 is 0 Å². The van der Waals surface area contributed by atoms with Crippen LogP contribution in [0.15, 0.2) is 88.5 Å². The molecule has 9 heteroatoms. The second-order valence-electron chi connectivity index (χ2n) is 8.34. The lowest BCUT2D eigenvalue weighted by Crippen LogP contribution is -2.58. The summed E-state index contributed by atoms with van der Waals surface area (Å²) >= 11 is 8.81. The van der Waals surface area contributed by atoms with E-state index in [2.05, 4.69) is 10.6 Å². The van der Waals surface area contributed by atoms with Crippen molar-refractivity contribution in [1.29, 1.82) is 0 Å². The third kappa shape index (κ3) is 4.72. The Morgan fingerprint density at radius 2 is 1.81 bits per heavy atom. The zero-order valence-corrected chi connectivity index (χ0v) is 21.1. The Kier molecular flexibility index (Phi) is 6.75. The monoisotopic (exact) mass is 538 g/mol. The van der Waals surface area contributed by atoms with E-state index in [4.69, 9.17) is 11.6 Å². The predicted molar refractivity (Wildman–Crippen MR) is 142 cm³/mol. The first kappa shape index (κ1) is 24.4. The number of nitrogens with one attached hydrogen (secondary N) is 2. The third-order valence-electron chi connectivity index (χ3n) is 5.99. The standard InChI is InChI=1S/C27H20ClFN2O3S2/c28-21-3-1-2-4-24(21)36-25-23(33)14-27(31-26(25)34,16-11-12-35-15-16)20-13-19(9-10-22(20)32)30-18-7-5-17(29)6-8-18/h1-13,15,25,30,32H,14H2,(H,31,34). The molecule has 5 rings (SSSR count). The van der Waals surface area contributed by atoms with Gasteiger partial charge in [0, 0.05) is 28.3 Å². The molecule has 5 nitrogen and oxygen atoms in total. The normalized spacial score (nSPS) is 19.7. The Balaban J connectivity index is 1.52. The largest absolute Gasteiger partial charge is 0.508 e. The van der Waals surface area contributed by atoms with Crippen LogP contribution in [0.25, 0.3) is 0 Å². The minimum absolute atomic E-state index is 0.0504. The van der Waals surface area contributed by atoms with Gasteiger partial charge in [-0.25, -0.2) is 4.39 Å². The highest BCUT2D eigenvalue weighted by atomic mass is 35.5. The van der Waals surface area contributed by atoms with Gasteiger partial charge in [0.1, 0.15) is 22.4 Å². The summed E-state index contributed by atoms with van der Waals surface area (Å²) in [6.07, 6.45) is -0.0504. The highest BCUT2D eigenvalue weighted by molar-refractivity contribution is 8.01. The first-order valence-electron chi connectivity index (χ1n) is 11.0. The molecule has 0 bridgehead atoms. The number of carbonyl (C=O) groups excluding carboxylic acids is 2. The Morgan fingerprint density at radius 3 is 2.50 bits per heavy atom. The summed E-state index contributed by atoms with van der Waals surface area (Å²) in [6.45, 7) is 0. The number of thioether (sulfide) groups is 1. The van der Waals surface area contributed by atoms with Crippen molar-refractivity contribution in [3.8, 4) is 5.75 Å². The average molecular weight is 539 g/mol. The summed E-state index contributed by atoms with van der Waals surface area (Å²) in [7, 11) is 0. The summed E-state index contributed by atoms with van der Waals surface area (Å²) in [6, 6.07) is 19.7. The van der Waals surface area contributed by atoms with Gasteiger partial charge in [-0.2, -0.15) is 11.3 Å². The van der Waals surface area contributed by atoms with Crippen LogP contribution in [-0.4, -0.2) is 22.0 Å². The molecule has 3 aromatic carbocycles. The maximum absolute atomic E-state index is 13.5. The van der Waals surface area contributed by atoms with Crippen LogP contribution < -0.4 is 10.6 Å². The molecular weight excluding hydrogens is 519 g/mol. The Hall–Kier alpha value is -3.33. The van der Waals surface area contributed by atoms with Gasteiger partial charge in [0.25, 0.3) is 0 Å². The lowest BCUT2D eigenvalue weighted by molar-refractivity contribution is -0.132. The maximum atomic E-state index is 13.5. The maximum Gasteiger partial charge on any atom is 0.242 e. The molecule has 2 heterocycles. The highest BCUT2D eigenvalue weighted by Crippen LogP contribution is 2.45. The van der Waals surface area contributed by atoms with Gasteiger partial charge in [-0.15, -0.1) is 11.8 Å². The number of ketones is 1. The van der Waals surface area contributed by atoms with Crippen molar-refractivity contribution in [2.24, 2.45) is 0 Å². The number of Topliss-reactive ketones (excluding diaryl/α,β-unsaturated/α-hetero) is 1. The number of aromatic hydroxyl groups is 1. The van der Waals surface area contributed by atoms with Crippen LogP contribution in [0.2, 0.25) is 5.02 Å². The number of phenolic OH excluding ortho intramolecular Hbond substituents is 1. The fraction of sp³-hybridized carbons (Fsp3) is 0.111. The number of halogens is 2.